The molecule has 2 nitrogen and oxygen atoms in total. The van der Waals surface area contributed by atoms with Crippen LogP contribution in [0, 0.1) is 0 Å². The first kappa shape index (κ1) is 16.5. The Balaban J connectivity index is 3.13. The van der Waals surface area contributed by atoms with Gasteiger partial charge in [0.2, 0.25) is 0 Å². The molecule has 2 unspecified atom stereocenters. The molecule has 0 spiro atoms. The third kappa shape index (κ3) is 3.95. The average molecular weight is 283 g/mol. The van der Waals surface area contributed by atoms with Crippen LogP contribution in [0.2, 0.25) is 5.02 Å². The summed E-state index contributed by atoms with van der Waals surface area (Å²) in [6.07, 6.45) is 4.34. The summed E-state index contributed by atoms with van der Waals surface area (Å²) in [6.45, 7) is 4.41. The summed E-state index contributed by atoms with van der Waals surface area (Å²) in [5.41, 5.74) is 7.71. The molecule has 0 aliphatic rings. The molecule has 1 rings (SSSR count). The van der Waals surface area contributed by atoms with Gasteiger partial charge in [0.25, 0.3) is 0 Å². The van der Waals surface area contributed by atoms with Gasteiger partial charge in [-0.05, 0) is 44.6 Å². The minimum Gasteiger partial charge on any atom is -0.320 e. The first-order chi connectivity index (χ1) is 8.95. The lowest BCUT2D eigenvalue weighted by Crippen LogP contribution is -2.53. The SMILES string of the molecule is CCCCC(N)(c1ccc(Cl)cc1)C(CC)N(C)C. The molecule has 0 aliphatic carbocycles. The van der Waals surface area contributed by atoms with Crippen molar-refractivity contribution in [2.45, 2.75) is 51.1 Å². The minimum atomic E-state index is -0.307. The highest BCUT2D eigenvalue weighted by Gasteiger charge is 2.36. The smallest absolute Gasteiger partial charge is 0.0566 e. The van der Waals surface area contributed by atoms with Crippen LogP contribution in [0.5, 0.6) is 0 Å². The topological polar surface area (TPSA) is 29.3 Å². The molecule has 0 fully saturated rings. The van der Waals surface area contributed by atoms with Gasteiger partial charge >= 0.3 is 0 Å². The Morgan fingerprint density at radius 1 is 1.21 bits per heavy atom. The fourth-order valence-electron chi connectivity index (χ4n) is 2.92. The molecule has 19 heavy (non-hydrogen) atoms. The van der Waals surface area contributed by atoms with Crippen molar-refractivity contribution in [1.29, 1.82) is 0 Å². The molecule has 0 heterocycles. The maximum Gasteiger partial charge on any atom is 0.0566 e. The van der Waals surface area contributed by atoms with E-state index >= 15 is 0 Å². The fourth-order valence-corrected chi connectivity index (χ4v) is 3.05. The number of halogens is 1. The lowest BCUT2D eigenvalue weighted by molar-refractivity contribution is 0.158. The molecular weight excluding hydrogens is 256 g/mol. The normalized spacial score (nSPS) is 16.4. The van der Waals surface area contributed by atoms with E-state index in [0.29, 0.717) is 6.04 Å². The highest BCUT2D eigenvalue weighted by Crippen LogP contribution is 2.32. The van der Waals surface area contributed by atoms with Crippen LogP contribution >= 0.6 is 11.6 Å². The summed E-state index contributed by atoms with van der Waals surface area (Å²) in [5.74, 6) is 0. The van der Waals surface area contributed by atoms with Crippen LogP contribution in [-0.2, 0) is 5.54 Å². The van der Waals surface area contributed by atoms with E-state index < -0.39 is 0 Å². The van der Waals surface area contributed by atoms with E-state index in [1.54, 1.807) is 0 Å². The van der Waals surface area contributed by atoms with Crippen molar-refractivity contribution < 1.29 is 0 Å². The number of rotatable bonds is 7. The lowest BCUT2D eigenvalue weighted by atomic mass is 9.78. The van der Waals surface area contributed by atoms with Crippen LogP contribution in [-0.4, -0.2) is 25.0 Å². The molecule has 3 heteroatoms. The standard InChI is InChI=1S/C16H27ClN2/c1-5-7-12-16(18,15(6-2)19(3)4)13-8-10-14(17)11-9-13/h8-11,15H,5-7,12,18H2,1-4H3. The molecule has 0 radical (unpaired) electrons. The van der Waals surface area contributed by atoms with Crippen molar-refractivity contribution in [2.75, 3.05) is 14.1 Å². The second kappa shape index (κ2) is 7.28. The average Bonchev–Trinajstić information content (AvgIpc) is 2.37. The van der Waals surface area contributed by atoms with Crippen molar-refractivity contribution in [3.8, 4) is 0 Å². The first-order valence-electron chi connectivity index (χ1n) is 7.17. The van der Waals surface area contributed by atoms with Gasteiger partial charge in [-0.1, -0.05) is 50.4 Å². The Morgan fingerprint density at radius 2 is 1.79 bits per heavy atom. The van der Waals surface area contributed by atoms with Crippen LogP contribution in [0.25, 0.3) is 0 Å². The third-order valence-corrected chi connectivity index (χ3v) is 4.18. The Morgan fingerprint density at radius 3 is 2.21 bits per heavy atom. The molecule has 0 saturated heterocycles. The van der Waals surface area contributed by atoms with Crippen LogP contribution in [0.3, 0.4) is 0 Å². The minimum absolute atomic E-state index is 0.307. The van der Waals surface area contributed by atoms with E-state index in [9.17, 15) is 0 Å². The number of nitrogens with two attached hydrogens (primary N) is 1. The van der Waals surface area contributed by atoms with Crippen LogP contribution in [0.15, 0.2) is 24.3 Å². The van der Waals surface area contributed by atoms with Gasteiger partial charge in [0.15, 0.2) is 0 Å². The predicted molar refractivity (Wildman–Crippen MR) is 84.6 cm³/mol. The molecule has 2 N–H and O–H groups in total. The summed E-state index contributed by atoms with van der Waals surface area (Å²) in [4.78, 5) is 2.24. The zero-order valence-corrected chi connectivity index (χ0v) is 13.4. The summed E-state index contributed by atoms with van der Waals surface area (Å²) >= 11 is 5.99. The monoisotopic (exact) mass is 282 g/mol. The Labute approximate surface area is 122 Å². The Bertz CT molecular complexity index is 375. The van der Waals surface area contributed by atoms with E-state index in [2.05, 4.69) is 45.0 Å². The predicted octanol–water partition coefficient (Wildman–Crippen LogP) is 4.02. The molecule has 108 valence electrons. The number of hydrogen-bond acceptors (Lipinski definition) is 2. The number of hydrogen-bond donors (Lipinski definition) is 1. The molecule has 2 atom stereocenters. The maximum absolute atomic E-state index is 6.83. The first-order valence-corrected chi connectivity index (χ1v) is 7.54. The van der Waals surface area contributed by atoms with Gasteiger partial charge in [0, 0.05) is 11.1 Å². The van der Waals surface area contributed by atoms with Crippen molar-refractivity contribution >= 4 is 11.6 Å². The quantitative estimate of drug-likeness (QED) is 0.818. The Kier molecular flexibility index (Phi) is 6.31. The zero-order valence-electron chi connectivity index (χ0n) is 12.6. The van der Waals surface area contributed by atoms with E-state index in [1.807, 2.05) is 12.1 Å². The molecule has 1 aromatic rings. The van der Waals surface area contributed by atoms with Gasteiger partial charge in [-0.3, -0.25) is 0 Å². The zero-order chi connectivity index (χ0) is 14.5. The number of likely N-dealkylation sites (N-methyl/N-ethyl adjacent to an activating group) is 1. The summed E-state index contributed by atoms with van der Waals surface area (Å²) < 4.78 is 0. The fraction of sp³-hybridized carbons (Fsp3) is 0.625. The summed E-state index contributed by atoms with van der Waals surface area (Å²) in [6, 6.07) is 8.36. The van der Waals surface area contributed by atoms with Gasteiger partial charge in [0.1, 0.15) is 0 Å². The number of benzene rings is 1. The second-order valence-electron chi connectivity index (χ2n) is 5.54. The molecule has 0 aliphatic heterocycles. The maximum atomic E-state index is 6.83. The second-order valence-corrected chi connectivity index (χ2v) is 5.97. The molecular formula is C16H27ClN2. The van der Waals surface area contributed by atoms with Crippen molar-refractivity contribution in [3.05, 3.63) is 34.9 Å². The van der Waals surface area contributed by atoms with Gasteiger partial charge in [0.05, 0.1) is 5.54 Å². The number of nitrogens with zero attached hydrogens (tertiary/aromatic N) is 1. The van der Waals surface area contributed by atoms with E-state index in [0.717, 1.165) is 30.7 Å². The lowest BCUT2D eigenvalue weighted by Gasteiger charge is -2.41. The van der Waals surface area contributed by atoms with Crippen molar-refractivity contribution in [3.63, 3.8) is 0 Å². The third-order valence-electron chi connectivity index (χ3n) is 3.93. The molecule has 0 saturated carbocycles. The van der Waals surface area contributed by atoms with E-state index in [4.69, 9.17) is 17.3 Å². The molecule has 0 amide bonds. The summed E-state index contributed by atoms with van der Waals surface area (Å²) in [5, 5.41) is 0.763. The molecule has 0 bridgehead atoms. The van der Waals surface area contributed by atoms with Gasteiger partial charge in [-0.2, -0.15) is 0 Å². The van der Waals surface area contributed by atoms with Crippen LogP contribution in [0.4, 0.5) is 0 Å². The van der Waals surface area contributed by atoms with Crippen LogP contribution in [0.1, 0.15) is 45.1 Å². The number of unbranched alkanes of at least 4 members (excludes halogenated alkanes) is 1. The summed E-state index contributed by atoms with van der Waals surface area (Å²) in [7, 11) is 4.22. The van der Waals surface area contributed by atoms with Gasteiger partial charge in [-0.15, -0.1) is 0 Å². The van der Waals surface area contributed by atoms with Gasteiger partial charge in [-0.25, -0.2) is 0 Å². The molecule has 1 aromatic carbocycles. The van der Waals surface area contributed by atoms with E-state index in [1.165, 1.54) is 5.56 Å². The highest BCUT2D eigenvalue weighted by molar-refractivity contribution is 6.30. The Hall–Kier alpha value is -0.570. The van der Waals surface area contributed by atoms with Crippen LogP contribution < -0.4 is 5.73 Å². The highest BCUT2D eigenvalue weighted by atomic mass is 35.5. The van der Waals surface area contributed by atoms with Crippen molar-refractivity contribution in [2.24, 2.45) is 5.73 Å². The van der Waals surface area contributed by atoms with Gasteiger partial charge < -0.3 is 10.6 Å². The van der Waals surface area contributed by atoms with Crippen molar-refractivity contribution in [1.82, 2.24) is 4.90 Å². The molecule has 0 aromatic heterocycles. The largest absolute Gasteiger partial charge is 0.320 e. The van der Waals surface area contributed by atoms with E-state index in [-0.39, 0.29) is 5.54 Å².